The van der Waals surface area contributed by atoms with Crippen molar-refractivity contribution in [3.05, 3.63) is 65.1 Å². The zero-order valence-corrected chi connectivity index (χ0v) is 60.3. The molecule has 0 bridgehead atoms. The standard InChI is InChI=1S/C28H48N4O3Si2.C18H33ClN4O2Si2.C16H27BO3/c1-9-28(23(2)33)13-10-24(11-14-28)25-20-27(32-26(30-25)12-15-29-32)31(21-34-16-18-36(3,4)5)22-35-17-19-37(6,7)8;1-26(2,3)11-9-24-14-22(15-25-10-12-27(4,5)6)18-13-16(19)21-17-7-8-20-23(17)18;1-7-16(12(2)18)10-8-13(9-11-16)17-19-14(3,4)15(5,6)20-17/h10,12,15,20H,9,11,13-14,16-19,21-22H2,1-8H3;7-8,13H,9-12,14-15H2,1-6H3;8H,7,9-11H2,1-6H3. The zero-order valence-electron chi connectivity index (χ0n) is 55.6. The third-order valence-electron chi connectivity index (χ3n) is 17.3. The molecule has 0 saturated carbocycles. The van der Waals surface area contributed by atoms with E-state index in [4.69, 9.17) is 44.8 Å². The highest BCUT2D eigenvalue weighted by Gasteiger charge is 2.53. The number of nitrogens with zero attached hydrogens (tertiary/aromatic N) is 8. The molecule has 22 heteroatoms. The van der Waals surface area contributed by atoms with Gasteiger partial charge < -0.3 is 38.1 Å². The van der Waals surface area contributed by atoms with Crippen molar-refractivity contribution in [3.63, 3.8) is 0 Å². The van der Waals surface area contributed by atoms with Crippen LogP contribution in [-0.2, 0) is 37.8 Å². The minimum atomic E-state index is -1.18. The number of halogens is 1. The second kappa shape index (κ2) is 30.2. The van der Waals surface area contributed by atoms with E-state index in [0.717, 1.165) is 125 Å². The van der Waals surface area contributed by atoms with E-state index in [1.165, 1.54) is 11.0 Å². The van der Waals surface area contributed by atoms with Crippen molar-refractivity contribution >= 4 is 91.1 Å². The molecule has 0 amide bonds. The number of carbonyl (C=O) groups excluding carboxylic acids is 2. The lowest BCUT2D eigenvalue weighted by Gasteiger charge is -2.33. The summed E-state index contributed by atoms with van der Waals surface area (Å²) in [4.78, 5) is 37.7. The quantitative estimate of drug-likeness (QED) is 0.0229. The Balaban J connectivity index is 0.000000242. The minimum absolute atomic E-state index is 0.160. The fraction of sp³-hybridized carbons (Fsp3) is 0.710. The lowest BCUT2D eigenvalue weighted by Crippen LogP contribution is -2.41. The molecule has 4 aromatic rings. The fourth-order valence-corrected chi connectivity index (χ4v) is 13.2. The molecule has 1 fully saturated rings. The van der Waals surface area contributed by atoms with Crippen molar-refractivity contribution in [2.24, 2.45) is 10.8 Å². The summed E-state index contributed by atoms with van der Waals surface area (Å²) in [6, 6.07) is 12.2. The van der Waals surface area contributed by atoms with Gasteiger partial charge in [-0.1, -0.05) is 116 Å². The lowest BCUT2D eigenvalue weighted by atomic mass is 9.63. The number of ether oxygens (including phenoxy) is 4. The monoisotopic (exact) mass is 1250 g/mol. The highest BCUT2D eigenvalue weighted by atomic mass is 35.5. The van der Waals surface area contributed by atoms with Gasteiger partial charge in [0.15, 0.2) is 11.3 Å². The molecule has 4 aromatic heterocycles. The maximum atomic E-state index is 12.4. The number of hydrogen-bond acceptors (Lipinski definition) is 14. The van der Waals surface area contributed by atoms with E-state index in [1.54, 1.807) is 30.8 Å². The van der Waals surface area contributed by atoms with Crippen LogP contribution in [0.5, 0.6) is 0 Å². The minimum Gasteiger partial charge on any atom is -0.400 e. The van der Waals surface area contributed by atoms with Gasteiger partial charge in [0.2, 0.25) is 0 Å². The predicted molar refractivity (Wildman–Crippen MR) is 358 cm³/mol. The van der Waals surface area contributed by atoms with Crippen LogP contribution in [0.4, 0.5) is 11.6 Å². The highest BCUT2D eigenvalue weighted by Crippen LogP contribution is 2.45. The molecule has 0 radical (unpaired) electrons. The van der Waals surface area contributed by atoms with Crippen molar-refractivity contribution in [2.45, 2.75) is 221 Å². The van der Waals surface area contributed by atoms with Crippen LogP contribution in [0.1, 0.15) is 112 Å². The van der Waals surface area contributed by atoms with E-state index >= 15 is 0 Å². The van der Waals surface area contributed by atoms with Crippen LogP contribution in [0.15, 0.2) is 54.3 Å². The van der Waals surface area contributed by atoms with Crippen LogP contribution in [0.25, 0.3) is 16.9 Å². The molecule has 470 valence electrons. The van der Waals surface area contributed by atoms with Gasteiger partial charge in [-0.15, -0.1) is 0 Å². The number of anilines is 2. The number of aromatic nitrogens is 6. The van der Waals surface area contributed by atoms with Gasteiger partial charge in [0, 0.05) is 93.8 Å². The Labute approximate surface area is 515 Å². The number of rotatable bonds is 28. The predicted octanol–water partition coefficient (Wildman–Crippen LogP) is 15.2. The van der Waals surface area contributed by atoms with E-state index in [2.05, 4.69) is 158 Å². The van der Waals surface area contributed by atoms with Crippen LogP contribution < -0.4 is 9.80 Å². The van der Waals surface area contributed by atoms with Crippen molar-refractivity contribution in [1.29, 1.82) is 0 Å². The molecule has 0 aromatic carbocycles. The molecule has 1 aliphatic heterocycles. The maximum absolute atomic E-state index is 12.4. The van der Waals surface area contributed by atoms with Gasteiger partial charge in [0.1, 0.15) is 55.3 Å². The van der Waals surface area contributed by atoms with Gasteiger partial charge >= 0.3 is 7.12 Å². The van der Waals surface area contributed by atoms with Gasteiger partial charge in [-0.2, -0.15) is 19.2 Å². The maximum Gasteiger partial charge on any atom is 0.490 e. The third-order valence-corrected chi connectivity index (χ3v) is 24.3. The Morgan fingerprint density at radius 2 is 0.976 bits per heavy atom. The van der Waals surface area contributed by atoms with Crippen LogP contribution in [-0.4, -0.2) is 145 Å². The topological polar surface area (TPSA) is 156 Å². The fourth-order valence-electron chi connectivity index (χ4n) is 9.96. The second-order valence-electron chi connectivity index (χ2n) is 29.5. The molecule has 3 aliphatic rings. The molecular weight excluding hydrogens is 1140 g/mol. The average molecular weight is 1250 g/mol. The molecule has 2 unspecified atom stereocenters. The highest BCUT2D eigenvalue weighted by molar-refractivity contribution is 6.77. The Bertz CT molecular complexity index is 2780. The Morgan fingerprint density at radius 1 is 0.595 bits per heavy atom. The number of carbonyl (C=O) groups is 2. The molecule has 5 heterocycles. The molecule has 84 heavy (non-hydrogen) atoms. The van der Waals surface area contributed by atoms with Crippen molar-refractivity contribution < 1.29 is 37.8 Å². The number of ketones is 2. The summed E-state index contributed by atoms with van der Waals surface area (Å²) in [5.74, 6) is 2.35. The van der Waals surface area contributed by atoms with Gasteiger partial charge in [0.05, 0.1) is 29.3 Å². The van der Waals surface area contributed by atoms with E-state index in [9.17, 15) is 9.59 Å². The summed E-state index contributed by atoms with van der Waals surface area (Å²) >= 11 is 6.22. The molecule has 2 aliphatic carbocycles. The third kappa shape index (κ3) is 21.2. The van der Waals surface area contributed by atoms with Gasteiger partial charge in [-0.3, -0.25) is 9.59 Å². The van der Waals surface area contributed by atoms with Crippen molar-refractivity contribution in [1.82, 2.24) is 29.2 Å². The second-order valence-corrected chi connectivity index (χ2v) is 52.4. The van der Waals surface area contributed by atoms with Crippen molar-refractivity contribution in [3.8, 4) is 0 Å². The van der Waals surface area contributed by atoms with E-state index in [1.807, 2.05) is 27.6 Å². The average Bonchev–Trinajstić information content (AvgIpc) is 2.02. The molecule has 1 saturated heterocycles. The van der Waals surface area contributed by atoms with Crippen LogP contribution in [0.2, 0.25) is 108 Å². The van der Waals surface area contributed by atoms with E-state index in [-0.39, 0.29) is 29.2 Å². The first-order valence-corrected chi connectivity index (χ1v) is 46.1. The molecular formula is C62H108BClN8O8Si4. The van der Waals surface area contributed by atoms with Gasteiger partial charge in [0.25, 0.3) is 0 Å². The first-order chi connectivity index (χ1) is 39.0. The summed E-state index contributed by atoms with van der Waals surface area (Å²) in [5.41, 5.74) is 3.90. The number of allylic oxidation sites excluding steroid dienone is 4. The Hall–Kier alpha value is -3.36. The molecule has 16 nitrogen and oxygen atoms in total. The summed E-state index contributed by atoms with van der Waals surface area (Å²) in [6.45, 7) is 49.0. The first kappa shape index (κ1) is 71.4. The Morgan fingerprint density at radius 3 is 1.32 bits per heavy atom. The summed E-state index contributed by atoms with van der Waals surface area (Å²) in [5, 5.41) is 9.38. The smallest absolute Gasteiger partial charge is 0.400 e. The van der Waals surface area contributed by atoms with Crippen LogP contribution in [0.3, 0.4) is 0 Å². The van der Waals surface area contributed by atoms with Crippen LogP contribution >= 0.6 is 11.6 Å². The zero-order chi connectivity index (χ0) is 62.5. The van der Waals surface area contributed by atoms with Gasteiger partial charge in [-0.25, -0.2) is 9.97 Å². The SMILES string of the molecule is CCC1(C(C)=O)CC=C(B2OC(C)(C)C(C)(C)O2)CC1.CCC1(C(C)=O)CC=C(c2cc(N(COCC[Si](C)(C)C)COCC[Si](C)(C)C)n3nccc3n2)CC1.C[Si](C)(C)CCOCN(COCC[Si](C)(C)C)c1cc(Cl)nc2ccnn12. The van der Waals surface area contributed by atoms with Crippen molar-refractivity contribution in [2.75, 3.05) is 63.2 Å². The molecule has 2 atom stereocenters. The lowest BCUT2D eigenvalue weighted by molar-refractivity contribution is -0.127. The summed E-state index contributed by atoms with van der Waals surface area (Å²) < 4.78 is 40.1. The first-order valence-electron chi connectivity index (χ1n) is 30.9. The van der Waals surface area contributed by atoms with Crippen LogP contribution in [0, 0.1) is 10.8 Å². The number of hydrogen-bond donors (Lipinski definition) is 0. The number of fused-ring (bicyclic) bond motifs is 2. The molecule has 7 rings (SSSR count). The molecule has 0 N–H and O–H groups in total. The van der Waals surface area contributed by atoms with Gasteiger partial charge in [-0.05, 0) is 128 Å². The number of Topliss-reactive ketones (excluding diaryl/α,β-unsaturated/α-hetero) is 2. The van der Waals surface area contributed by atoms with E-state index < -0.39 is 32.3 Å². The largest absolute Gasteiger partial charge is 0.490 e. The summed E-state index contributed by atoms with van der Waals surface area (Å²) in [7, 11) is -4.85. The van der Waals surface area contributed by atoms with E-state index in [0.29, 0.717) is 49.3 Å². The molecule has 0 spiro atoms. The summed E-state index contributed by atoms with van der Waals surface area (Å²) in [6.07, 6.45) is 14.8. The normalized spacial score (nSPS) is 20.0. The Kier molecular flexibility index (Phi) is 25.7.